The summed E-state index contributed by atoms with van der Waals surface area (Å²) >= 11 is 0. The van der Waals surface area contributed by atoms with Crippen LogP contribution in [0.25, 0.3) is 0 Å². The number of hydrogen-bond donors (Lipinski definition) is 1. The standard InChI is InChI=1S/C12H19N3O/c16-8-4-7-12-14-11(9-13-15-12)10-5-2-1-3-6-10/h9-10,16H,1-8H2. The van der Waals surface area contributed by atoms with Gasteiger partial charge in [0.1, 0.15) is 0 Å². The van der Waals surface area contributed by atoms with E-state index in [0.29, 0.717) is 5.92 Å². The van der Waals surface area contributed by atoms with Crippen molar-refractivity contribution >= 4 is 0 Å². The Morgan fingerprint density at radius 2 is 2.06 bits per heavy atom. The smallest absolute Gasteiger partial charge is 0.151 e. The van der Waals surface area contributed by atoms with E-state index < -0.39 is 0 Å². The Balaban J connectivity index is 2.02. The normalized spacial score (nSPS) is 17.6. The van der Waals surface area contributed by atoms with Crippen LogP contribution >= 0.6 is 0 Å². The zero-order chi connectivity index (χ0) is 11.2. The van der Waals surface area contributed by atoms with Crippen LogP contribution in [0.3, 0.4) is 0 Å². The van der Waals surface area contributed by atoms with E-state index >= 15 is 0 Å². The number of aromatic nitrogens is 3. The maximum Gasteiger partial charge on any atom is 0.151 e. The Morgan fingerprint density at radius 1 is 1.25 bits per heavy atom. The van der Waals surface area contributed by atoms with Crippen molar-refractivity contribution in [1.82, 2.24) is 15.2 Å². The molecule has 1 heterocycles. The predicted octanol–water partition coefficient (Wildman–Crippen LogP) is 1.84. The maximum absolute atomic E-state index is 8.77. The molecule has 0 radical (unpaired) electrons. The Hall–Kier alpha value is -1.03. The van der Waals surface area contributed by atoms with Gasteiger partial charge in [0.25, 0.3) is 0 Å². The van der Waals surface area contributed by atoms with Gasteiger partial charge in [0.2, 0.25) is 0 Å². The summed E-state index contributed by atoms with van der Waals surface area (Å²) in [6, 6.07) is 0. The number of rotatable bonds is 4. The zero-order valence-electron chi connectivity index (χ0n) is 9.60. The molecule has 1 saturated carbocycles. The van der Waals surface area contributed by atoms with Crippen molar-refractivity contribution in [3.63, 3.8) is 0 Å². The molecule has 16 heavy (non-hydrogen) atoms. The Bertz CT molecular complexity index is 324. The molecule has 0 amide bonds. The molecule has 0 bridgehead atoms. The first-order valence-electron chi connectivity index (χ1n) is 6.19. The molecule has 1 aliphatic rings. The lowest BCUT2D eigenvalue weighted by atomic mass is 9.87. The van der Waals surface area contributed by atoms with E-state index in [0.717, 1.165) is 24.4 Å². The minimum atomic E-state index is 0.191. The summed E-state index contributed by atoms with van der Waals surface area (Å²) in [5.41, 5.74) is 1.10. The average molecular weight is 221 g/mol. The molecule has 1 fully saturated rings. The first-order valence-corrected chi connectivity index (χ1v) is 6.19. The van der Waals surface area contributed by atoms with Crippen LogP contribution in [-0.4, -0.2) is 26.9 Å². The van der Waals surface area contributed by atoms with Crippen LogP contribution in [-0.2, 0) is 6.42 Å². The van der Waals surface area contributed by atoms with E-state index in [9.17, 15) is 0 Å². The van der Waals surface area contributed by atoms with E-state index in [2.05, 4.69) is 15.2 Å². The van der Waals surface area contributed by atoms with Crippen LogP contribution in [0.4, 0.5) is 0 Å². The lowest BCUT2D eigenvalue weighted by Gasteiger charge is -2.20. The van der Waals surface area contributed by atoms with E-state index in [1.807, 2.05) is 0 Å². The summed E-state index contributed by atoms with van der Waals surface area (Å²) in [4.78, 5) is 4.55. The summed E-state index contributed by atoms with van der Waals surface area (Å²) in [6.07, 6.45) is 9.68. The Labute approximate surface area is 96.1 Å². The van der Waals surface area contributed by atoms with E-state index in [1.165, 1.54) is 32.1 Å². The third-order valence-corrected chi connectivity index (χ3v) is 3.20. The molecule has 1 N–H and O–H groups in total. The van der Waals surface area contributed by atoms with Gasteiger partial charge in [0.05, 0.1) is 11.9 Å². The van der Waals surface area contributed by atoms with Gasteiger partial charge in [-0.3, -0.25) is 0 Å². The molecule has 2 rings (SSSR count). The van der Waals surface area contributed by atoms with Gasteiger partial charge in [-0.25, -0.2) is 4.98 Å². The molecule has 4 heteroatoms. The molecule has 0 atom stereocenters. The predicted molar refractivity (Wildman–Crippen MR) is 61.1 cm³/mol. The Morgan fingerprint density at radius 3 is 2.81 bits per heavy atom. The van der Waals surface area contributed by atoms with Crippen molar-refractivity contribution in [2.24, 2.45) is 0 Å². The summed E-state index contributed by atoms with van der Waals surface area (Å²) < 4.78 is 0. The average Bonchev–Trinajstić information content (AvgIpc) is 2.38. The monoisotopic (exact) mass is 221 g/mol. The van der Waals surface area contributed by atoms with Gasteiger partial charge >= 0.3 is 0 Å². The lowest BCUT2D eigenvalue weighted by Crippen LogP contribution is -2.10. The molecule has 0 unspecified atom stereocenters. The molecule has 1 aliphatic carbocycles. The van der Waals surface area contributed by atoms with E-state index in [4.69, 9.17) is 5.11 Å². The molecular weight excluding hydrogens is 202 g/mol. The van der Waals surface area contributed by atoms with E-state index in [-0.39, 0.29) is 6.61 Å². The summed E-state index contributed by atoms with van der Waals surface area (Å²) in [5, 5.41) is 16.8. The first-order chi connectivity index (χ1) is 7.90. The fourth-order valence-electron chi connectivity index (χ4n) is 2.29. The van der Waals surface area contributed by atoms with E-state index in [1.54, 1.807) is 6.20 Å². The summed E-state index contributed by atoms with van der Waals surface area (Å²) in [6.45, 7) is 0.191. The molecule has 0 saturated heterocycles. The third kappa shape index (κ3) is 2.98. The van der Waals surface area contributed by atoms with Gasteiger partial charge in [0.15, 0.2) is 5.82 Å². The highest BCUT2D eigenvalue weighted by molar-refractivity contribution is 5.05. The van der Waals surface area contributed by atoms with Crippen LogP contribution < -0.4 is 0 Å². The van der Waals surface area contributed by atoms with Crippen LogP contribution in [0.15, 0.2) is 6.20 Å². The third-order valence-electron chi connectivity index (χ3n) is 3.20. The zero-order valence-corrected chi connectivity index (χ0v) is 9.60. The highest BCUT2D eigenvalue weighted by atomic mass is 16.2. The quantitative estimate of drug-likeness (QED) is 0.843. The molecule has 1 aromatic rings. The van der Waals surface area contributed by atoms with Crippen LogP contribution in [0, 0.1) is 0 Å². The van der Waals surface area contributed by atoms with Crippen molar-refractivity contribution < 1.29 is 5.11 Å². The first kappa shape index (κ1) is 11.5. The fourth-order valence-corrected chi connectivity index (χ4v) is 2.29. The molecule has 88 valence electrons. The fraction of sp³-hybridized carbons (Fsp3) is 0.750. The van der Waals surface area contributed by atoms with Crippen molar-refractivity contribution in [3.8, 4) is 0 Å². The van der Waals surface area contributed by atoms with Crippen molar-refractivity contribution in [1.29, 1.82) is 0 Å². The second-order valence-corrected chi connectivity index (χ2v) is 4.46. The summed E-state index contributed by atoms with van der Waals surface area (Å²) in [7, 11) is 0. The molecule has 4 nitrogen and oxygen atoms in total. The van der Waals surface area contributed by atoms with Crippen LogP contribution in [0.1, 0.15) is 56.0 Å². The maximum atomic E-state index is 8.77. The van der Waals surface area contributed by atoms with Gasteiger partial charge in [-0.1, -0.05) is 19.3 Å². The van der Waals surface area contributed by atoms with Gasteiger partial charge in [-0.2, -0.15) is 5.10 Å². The van der Waals surface area contributed by atoms with Crippen molar-refractivity contribution in [2.45, 2.75) is 50.9 Å². The molecule has 0 aliphatic heterocycles. The Kier molecular flexibility index (Phi) is 4.22. The minimum absolute atomic E-state index is 0.191. The SMILES string of the molecule is OCCCc1nncc(C2CCCCC2)n1. The molecular formula is C12H19N3O. The van der Waals surface area contributed by atoms with Crippen molar-refractivity contribution in [3.05, 3.63) is 17.7 Å². The number of aryl methyl sites for hydroxylation is 1. The number of hydrogen-bond acceptors (Lipinski definition) is 4. The van der Waals surface area contributed by atoms with Gasteiger partial charge < -0.3 is 5.11 Å². The summed E-state index contributed by atoms with van der Waals surface area (Å²) in [5.74, 6) is 1.36. The van der Waals surface area contributed by atoms with Crippen LogP contribution in [0.5, 0.6) is 0 Å². The lowest BCUT2D eigenvalue weighted by molar-refractivity contribution is 0.287. The molecule has 0 aromatic carbocycles. The largest absolute Gasteiger partial charge is 0.396 e. The van der Waals surface area contributed by atoms with Gasteiger partial charge in [-0.05, 0) is 19.3 Å². The number of aliphatic hydroxyl groups excluding tert-OH is 1. The van der Waals surface area contributed by atoms with Gasteiger partial charge in [0, 0.05) is 18.9 Å². The number of aliphatic hydroxyl groups is 1. The second-order valence-electron chi connectivity index (χ2n) is 4.46. The molecule has 1 aromatic heterocycles. The molecule has 0 spiro atoms. The minimum Gasteiger partial charge on any atom is -0.396 e. The highest BCUT2D eigenvalue weighted by Gasteiger charge is 2.17. The highest BCUT2D eigenvalue weighted by Crippen LogP contribution is 2.30. The topological polar surface area (TPSA) is 58.9 Å². The van der Waals surface area contributed by atoms with Gasteiger partial charge in [-0.15, -0.1) is 5.10 Å². The number of nitrogens with zero attached hydrogens (tertiary/aromatic N) is 3. The second kappa shape index (κ2) is 5.89. The van der Waals surface area contributed by atoms with Crippen molar-refractivity contribution in [2.75, 3.05) is 6.61 Å². The van der Waals surface area contributed by atoms with Crippen LogP contribution in [0.2, 0.25) is 0 Å².